The van der Waals surface area contributed by atoms with Gasteiger partial charge < -0.3 is 30.4 Å². The molecule has 11 nitrogen and oxygen atoms in total. The van der Waals surface area contributed by atoms with E-state index >= 15 is 0 Å². The number of nitrogens with one attached hydrogen (secondary N) is 1. The molecular weight excluding hydrogens is 462 g/mol. The minimum Gasteiger partial charge on any atom is -0.391 e. The van der Waals surface area contributed by atoms with Gasteiger partial charge >= 0.3 is 0 Å². The van der Waals surface area contributed by atoms with Crippen molar-refractivity contribution in [3.8, 4) is 0 Å². The number of carbonyl (C=O) groups excluding carboxylic acids is 1. The van der Waals surface area contributed by atoms with E-state index in [1.807, 2.05) is 24.2 Å². The Labute approximate surface area is 208 Å². The molecule has 2 unspecified atom stereocenters. The molecule has 36 heavy (non-hydrogen) atoms. The van der Waals surface area contributed by atoms with Crippen LogP contribution in [0.5, 0.6) is 0 Å². The number of primary amides is 1. The minimum atomic E-state index is -0.644. The average Bonchev–Trinajstić information content (AvgIpc) is 3.29. The second-order valence-electron chi connectivity index (χ2n) is 10.1. The van der Waals surface area contributed by atoms with E-state index in [-0.39, 0.29) is 34.5 Å². The molecule has 0 aromatic carbocycles. The highest BCUT2D eigenvalue weighted by atomic mass is 16.5. The number of rotatable bonds is 7. The first-order valence-electron chi connectivity index (χ1n) is 12.3. The highest BCUT2D eigenvalue weighted by molar-refractivity contribution is 5.99. The van der Waals surface area contributed by atoms with Gasteiger partial charge in [0.15, 0.2) is 5.65 Å². The third-order valence-corrected chi connectivity index (χ3v) is 7.92. The summed E-state index contributed by atoms with van der Waals surface area (Å²) in [5.41, 5.74) is 6.12. The molecule has 11 heteroatoms. The van der Waals surface area contributed by atoms with Crippen molar-refractivity contribution in [2.24, 2.45) is 5.73 Å². The molecule has 3 aromatic heterocycles. The molecule has 2 fully saturated rings. The van der Waals surface area contributed by atoms with E-state index in [9.17, 15) is 14.7 Å². The van der Waals surface area contributed by atoms with Crippen molar-refractivity contribution < 1.29 is 14.6 Å². The lowest BCUT2D eigenvalue weighted by molar-refractivity contribution is -0.0324. The Morgan fingerprint density at radius 1 is 1.31 bits per heavy atom. The van der Waals surface area contributed by atoms with Gasteiger partial charge in [0.1, 0.15) is 22.9 Å². The lowest BCUT2D eigenvalue weighted by atomic mass is 9.83. The van der Waals surface area contributed by atoms with E-state index in [4.69, 9.17) is 10.5 Å². The summed E-state index contributed by atoms with van der Waals surface area (Å²) >= 11 is 0. The fourth-order valence-electron chi connectivity index (χ4n) is 5.25. The molecule has 0 radical (unpaired) electrons. The van der Waals surface area contributed by atoms with Gasteiger partial charge in [0.25, 0.3) is 11.5 Å². The molecule has 0 spiro atoms. The van der Waals surface area contributed by atoms with Crippen LogP contribution >= 0.6 is 0 Å². The van der Waals surface area contributed by atoms with Crippen molar-refractivity contribution in [2.45, 2.75) is 69.2 Å². The zero-order valence-electron chi connectivity index (χ0n) is 20.8. The quantitative estimate of drug-likeness (QED) is 0.453. The van der Waals surface area contributed by atoms with Crippen LogP contribution in [0.1, 0.15) is 61.8 Å². The number of nitrogens with two attached hydrogens (primary N) is 1. The van der Waals surface area contributed by atoms with Gasteiger partial charge in [0, 0.05) is 32.5 Å². The van der Waals surface area contributed by atoms with Crippen LogP contribution in [0.2, 0.25) is 0 Å². The van der Waals surface area contributed by atoms with Gasteiger partial charge in [-0.15, -0.1) is 0 Å². The summed E-state index contributed by atoms with van der Waals surface area (Å²) in [6.45, 7) is 2.11. The molecule has 3 aromatic rings. The number of nitrogens with zero attached hydrogens (tertiary/aromatic N) is 5. The molecule has 3 heterocycles. The number of hydrogen-bond donors (Lipinski definition) is 3. The standard InChI is InChI=1S/C25H33N7O4/c1-25(36-3)10-8-15(9-11-25)31-12-4-5-17(24(31)35)28-20-13-21(30(2)18-6-7-19(18)33)32-23(29-20)16(14-27-32)22(26)34/h4-5,12-15,18-19,33H,6-11H2,1-3H3,(H2,26,34)(H,28,29). The maximum Gasteiger partial charge on any atom is 0.274 e. The van der Waals surface area contributed by atoms with E-state index < -0.39 is 12.0 Å². The van der Waals surface area contributed by atoms with E-state index in [1.165, 1.54) is 10.7 Å². The van der Waals surface area contributed by atoms with Crippen molar-refractivity contribution in [3.63, 3.8) is 0 Å². The molecule has 2 aliphatic carbocycles. The summed E-state index contributed by atoms with van der Waals surface area (Å²) in [5, 5.41) is 17.7. The number of methoxy groups -OCH3 is 1. The van der Waals surface area contributed by atoms with Gasteiger partial charge in [-0.1, -0.05) is 0 Å². The second-order valence-corrected chi connectivity index (χ2v) is 10.1. The van der Waals surface area contributed by atoms with Crippen molar-refractivity contribution in [1.29, 1.82) is 0 Å². The van der Waals surface area contributed by atoms with Crippen LogP contribution in [0.3, 0.4) is 0 Å². The number of likely N-dealkylation sites (N-methyl/N-ethyl adjacent to an activating group) is 1. The van der Waals surface area contributed by atoms with Gasteiger partial charge in [-0.3, -0.25) is 9.59 Å². The summed E-state index contributed by atoms with van der Waals surface area (Å²) in [6, 6.07) is 5.34. The normalized spacial score (nSPS) is 25.9. The molecule has 0 bridgehead atoms. The van der Waals surface area contributed by atoms with Gasteiger partial charge in [-0.25, -0.2) is 4.98 Å². The third-order valence-electron chi connectivity index (χ3n) is 7.92. The maximum absolute atomic E-state index is 13.4. The topological polar surface area (TPSA) is 140 Å². The predicted octanol–water partition coefficient (Wildman–Crippen LogP) is 2.21. The van der Waals surface area contributed by atoms with Gasteiger partial charge in [0.2, 0.25) is 0 Å². The van der Waals surface area contributed by atoms with E-state index in [2.05, 4.69) is 22.3 Å². The number of anilines is 3. The number of carbonyl (C=O) groups is 1. The average molecular weight is 496 g/mol. The fraction of sp³-hybridized carbons (Fsp3) is 0.520. The molecule has 4 N–H and O–H groups in total. The molecule has 1 amide bonds. The number of aromatic nitrogens is 4. The fourth-order valence-corrected chi connectivity index (χ4v) is 5.25. The first kappa shape index (κ1) is 24.3. The number of hydrogen-bond acceptors (Lipinski definition) is 8. The number of aliphatic hydroxyl groups excluding tert-OH is 1. The van der Waals surface area contributed by atoms with Gasteiger partial charge in [0.05, 0.1) is 23.9 Å². The van der Waals surface area contributed by atoms with Crippen LogP contribution in [-0.2, 0) is 4.74 Å². The molecule has 0 saturated heterocycles. The third kappa shape index (κ3) is 4.22. The first-order chi connectivity index (χ1) is 17.2. The van der Waals surface area contributed by atoms with Crippen molar-refractivity contribution in [3.05, 3.63) is 46.5 Å². The molecule has 5 rings (SSSR count). The minimum absolute atomic E-state index is 0.0808. The maximum atomic E-state index is 13.4. The zero-order valence-corrected chi connectivity index (χ0v) is 20.8. The van der Waals surface area contributed by atoms with E-state index in [0.717, 1.165) is 38.5 Å². The SMILES string of the molecule is COC1(C)CCC(n2cccc(Nc3cc(N(C)C4CCC4O)n4ncc(C(N)=O)c4n3)c2=O)CC1. The van der Waals surface area contributed by atoms with Crippen LogP contribution < -0.4 is 21.5 Å². The van der Waals surface area contributed by atoms with Gasteiger partial charge in [-0.05, 0) is 57.6 Å². The lowest BCUT2D eigenvalue weighted by Gasteiger charge is -2.40. The Bertz CT molecular complexity index is 1340. The van der Waals surface area contributed by atoms with Crippen LogP contribution in [0.15, 0.2) is 35.4 Å². The number of aliphatic hydroxyl groups is 1. The van der Waals surface area contributed by atoms with E-state index in [0.29, 0.717) is 17.3 Å². The predicted molar refractivity (Wildman–Crippen MR) is 136 cm³/mol. The second kappa shape index (κ2) is 9.21. The highest BCUT2D eigenvalue weighted by Crippen LogP contribution is 2.36. The lowest BCUT2D eigenvalue weighted by Crippen LogP contribution is -2.49. The molecule has 2 saturated carbocycles. The summed E-state index contributed by atoms with van der Waals surface area (Å²) in [4.78, 5) is 31.9. The van der Waals surface area contributed by atoms with Crippen molar-refractivity contribution in [1.82, 2.24) is 19.2 Å². The zero-order chi connectivity index (χ0) is 25.6. The van der Waals surface area contributed by atoms with Crippen molar-refractivity contribution >= 4 is 28.9 Å². The molecule has 2 atom stereocenters. The van der Waals surface area contributed by atoms with Crippen molar-refractivity contribution in [2.75, 3.05) is 24.4 Å². The molecular formula is C25H33N7O4. The number of pyridine rings is 1. The van der Waals surface area contributed by atoms with Gasteiger partial charge in [-0.2, -0.15) is 9.61 Å². The monoisotopic (exact) mass is 495 g/mol. The summed E-state index contributed by atoms with van der Waals surface area (Å²) in [7, 11) is 3.60. The Morgan fingerprint density at radius 2 is 2.06 bits per heavy atom. The van der Waals surface area contributed by atoms with E-state index in [1.54, 1.807) is 23.8 Å². The Balaban J connectivity index is 1.49. The summed E-state index contributed by atoms with van der Waals surface area (Å²) in [5.74, 6) is 0.363. The molecule has 2 aliphatic rings. The summed E-state index contributed by atoms with van der Waals surface area (Å²) in [6.07, 6.45) is 7.81. The molecule has 192 valence electrons. The largest absolute Gasteiger partial charge is 0.391 e. The number of fused-ring (bicyclic) bond motifs is 1. The summed E-state index contributed by atoms with van der Waals surface area (Å²) < 4.78 is 8.96. The van der Waals surface area contributed by atoms with Crippen LogP contribution in [0.4, 0.5) is 17.3 Å². The highest BCUT2D eigenvalue weighted by Gasteiger charge is 2.34. The smallest absolute Gasteiger partial charge is 0.274 e. The van der Waals surface area contributed by atoms with Crippen LogP contribution in [0, 0.1) is 0 Å². The number of ether oxygens (including phenoxy) is 1. The molecule has 0 aliphatic heterocycles. The Kier molecular flexibility index (Phi) is 6.21. The van der Waals surface area contributed by atoms with Crippen LogP contribution in [-0.4, -0.2) is 62.1 Å². The van der Waals surface area contributed by atoms with Crippen LogP contribution in [0.25, 0.3) is 5.65 Å². The first-order valence-corrected chi connectivity index (χ1v) is 12.3. The Hall–Kier alpha value is -3.44. The Morgan fingerprint density at radius 3 is 2.67 bits per heavy atom. The number of amides is 1.